The van der Waals surface area contributed by atoms with E-state index >= 15 is 0 Å². The van der Waals surface area contributed by atoms with Gasteiger partial charge in [0.1, 0.15) is 10.6 Å². The minimum absolute atomic E-state index is 0.136. The van der Waals surface area contributed by atoms with Gasteiger partial charge in [-0.2, -0.15) is 0 Å². The fourth-order valence-corrected chi connectivity index (χ4v) is 2.58. The highest BCUT2D eigenvalue weighted by atomic mass is 32.2. The average molecular weight is 352 g/mol. The van der Waals surface area contributed by atoms with Crippen LogP contribution in [0.15, 0.2) is 41.3 Å². The Morgan fingerprint density at radius 3 is 2.29 bits per heavy atom. The number of hydrogen-bond donors (Lipinski definition) is 2. The molecule has 0 saturated heterocycles. The van der Waals surface area contributed by atoms with E-state index in [4.69, 9.17) is 15.0 Å². The molecule has 0 spiro atoms. The molecular formula is C14H12N2O7S. The second-order valence-electron chi connectivity index (χ2n) is 4.85. The maximum atomic E-state index is 11.7. The number of hydrogen-bond acceptors (Lipinski definition) is 6. The molecule has 2 aromatic rings. The van der Waals surface area contributed by atoms with E-state index in [1.807, 2.05) is 6.92 Å². The molecule has 9 nitrogen and oxygen atoms in total. The summed E-state index contributed by atoms with van der Waals surface area (Å²) >= 11 is 0. The van der Waals surface area contributed by atoms with E-state index in [9.17, 15) is 23.3 Å². The Labute approximate surface area is 136 Å². The maximum absolute atomic E-state index is 11.7. The number of carbonyl (C=O) groups is 1. The maximum Gasteiger partial charge on any atom is 0.335 e. The zero-order valence-corrected chi connectivity index (χ0v) is 13.1. The van der Waals surface area contributed by atoms with E-state index in [0.717, 1.165) is 5.56 Å². The van der Waals surface area contributed by atoms with Gasteiger partial charge in [-0.15, -0.1) is 0 Å². The molecule has 2 rings (SSSR count). The molecule has 0 aliphatic heterocycles. The van der Waals surface area contributed by atoms with Crippen molar-refractivity contribution in [2.45, 2.75) is 11.8 Å². The molecule has 0 aromatic heterocycles. The first-order valence-corrected chi connectivity index (χ1v) is 7.97. The van der Waals surface area contributed by atoms with E-state index in [-0.39, 0.29) is 5.75 Å². The molecule has 3 N–H and O–H groups in total. The second kappa shape index (κ2) is 6.26. The highest BCUT2D eigenvalue weighted by Gasteiger charge is 2.29. The number of benzene rings is 2. The number of primary sulfonamides is 1. The zero-order valence-electron chi connectivity index (χ0n) is 12.3. The van der Waals surface area contributed by atoms with Crippen LogP contribution in [0.2, 0.25) is 0 Å². The van der Waals surface area contributed by atoms with E-state index < -0.39 is 42.8 Å². The van der Waals surface area contributed by atoms with Gasteiger partial charge in [0.05, 0.1) is 10.5 Å². The minimum Gasteiger partial charge on any atom is -0.478 e. The Hall–Kier alpha value is -2.98. The van der Waals surface area contributed by atoms with Crippen molar-refractivity contribution in [1.82, 2.24) is 0 Å². The summed E-state index contributed by atoms with van der Waals surface area (Å²) in [6.45, 7) is 1.81. The average Bonchev–Trinajstić information content (AvgIpc) is 2.48. The van der Waals surface area contributed by atoms with Crippen molar-refractivity contribution < 1.29 is 28.0 Å². The fourth-order valence-electron chi connectivity index (χ4n) is 1.88. The van der Waals surface area contributed by atoms with Crippen LogP contribution < -0.4 is 9.88 Å². The second-order valence-corrected chi connectivity index (χ2v) is 6.37. The molecule has 0 aliphatic rings. The molecule has 0 atom stereocenters. The topological polar surface area (TPSA) is 150 Å². The molecule has 24 heavy (non-hydrogen) atoms. The lowest BCUT2D eigenvalue weighted by molar-refractivity contribution is -0.385. The Morgan fingerprint density at radius 2 is 1.83 bits per heavy atom. The number of sulfonamides is 1. The van der Waals surface area contributed by atoms with Crippen LogP contribution in [0.25, 0.3) is 0 Å². The van der Waals surface area contributed by atoms with Crippen molar-refractivity contribution in [1.29, 1.82) is 0 Å². The molecule has 2 aromatic carbocycles. The molecule has 0 heterocycles. The standard InChI is InChI=1S/C14H12N2O7S/c1-8-2-4-10(5-3-8)23-13-11(16(19)20)6-9(14(17)18)7-12(13)24(15,21)22/h2-7H,1H3,(H,17,18)(H2,15,21,22). The Morgan fingerprint density at radius 1 is 1.25 bits per heavy atom. The molecule has 0 saturated carbocycles. The van der Waals surface area contributed by atoms with Crippen molar-refractivity contribution in [3.63, 3.8) is 0 Å². The first-order chi connectivity index (χ1) is 11.1. The van der Waals surface area contributed by atoms with Crippen LogP contribution in [0, 0.1) is 17.0 Å². The first-order valence-electron chi connectivity index (χ1n) is 6.42. The number of nitro groups is 1. The SMILES string of the molecule is Cc1ccc(Oc2c([N+](=O)[O-])cc(C(=O)O)cc2S(N)(=O)=O)cc1. The highest BCUT2D eigenvalue weighted by molar-refractivity contribution is 7.89. The summed E-state index contributed by atoms with van der Waals surface area (Å²) in [4.78, 5) is 20.6. The number of carboxylic acids is 1. The van der Waals surface area contributed by atoms with Gasteiger partial charge in [-0.25, -0.2) is 18.4 Å². The molecule has 0 unspecified atom stereocenters. The smallest absolute Gasteiger partial charge is 0.335 e. The third-order valence-corrected chi connectivity index (χ3v) is 3.94. The van der Waals surface area contributed by atoms with Crippen molar-refractivity contribution in [2.24, 2.45) is 5.14 Å². The molecule has 0 bridgehead atoms. The number of aryl methyl sites for hydroxylation is 1. The number of rotatable bonds is 5. The van der Waals surface area contributed by atoms with Crippen LogP contribution in [0.4, 0.5) is 5.69 Å². The van der Waals surface area contributed by atoms with E-state index in [2.05, 4.69) is 0 Å². The van der Waals surface area contributed by atoms with Crippen molar-refractivity contribution in [3.8, 4) is 11.5 Å². The van der Waals surface area contributed by atoms with Crippen LogP contribution in [0.1, 0.15) is 15.9 Å². The quantitative estimate of drug-likeness (QED) is 0.617. The molecule has 126 valence electrons. The van der Waals surface area contributed by atoms with Gasteiger partial charge in [0.2, 0.25) is 15.8 Å². The van der Waals surface area contributed by atoms with Gasteiger partial charge in [0, 0.05) is 6.07 Å². The van der Waals surface area contributed by atoms with Crippen molar-refractivity contribution in [2.75, 3.05) is 0 Å². The van der Waals surface area contributed by atoms with Gasteiger partial charge in [-0.05, 0) is 25.1 Å². The van der Waals surface area contributed by atoms with Crippen LogP contribution >= 0.6 is 0 Å². The van der Waals surface area contributed by atoms with Crippen LogP contribution in [0.5, 0.6) is 11.5 Å². The van der Waals surface area contributed by atoms with Gasteiger partial charge in [0.25, 0.3) is 0 Å². The van der Waals surface area contributed by atoms with E-state index in [1.165, 1.54) is 12.1 Å². The van der Waals surface area contributed by atoms with Crippen LogP contribution in [-0.4, -0.2) is 24.4 Å². The van der Waals surface area contributed by atoms with Gasteiger partial charge in [0.15, 0.2) is 0 Å². The van der Waals surface area contributed by atoms with Gasteiger partial charge < -0.3 is 9.84 Å². The molecule has 10 heteroatoms. The summed E-state index contributed by atoms with van der Waals surface area (Å²) < 4.78 is 28.8. The number of nitro benzene ring substituents is 1. The first kappa shape index (κ1) is 17.4. The third-order valence-electron chi connectivity index (χ3n) is 3.03. The molecule has 0 aliphatic carbocycles. The predicted octanol–water partition coefficient (Wildman–Crippen LogP) is 2.04. The number of nitrogens with two attached hydrogens (primary N) is 1. The molecule has 0 fully saturated rings. The molecule has 0 radical (unpaired) electrons. The van der Waals surface area contributed by atoms with Crippen molar-refractivity contribution in [3.05, 3.63) is 57.6 Å². The molecular weight excluding hydrogens is 340 g/mol. The van der Waals surface area contributed by atoms with Crippen LogP contribution in [-0.2, 0) is 10.0 Å². The van der Waals surface area contributed by atoms with Gasteiger partial charge in [-0.3, -0.25) is 10.1 Å². The predicted molar refractivity (Wildman–Crippen MR) is 82.7 cm³/mol. The number of nitrogens with zero attached hydrogens (tertiary/aromatic N) is 1. The largest absolute Gasteiger partial charge is 0.478 e. The summed E-state index contributed by atoms with van der Waals surface area (Å²) in [7, 11) is -4.47. The van der Waals surface area contributed by atoms with Gasteiger partial charge in [-0.1, -0.05) is 17.7 Å². The summed E-state index contributed by atoms with van der Waals surface area (Å²) in [5.74, 6) is -2.04. The molecule has 0 amide bonds. The Bertz CT molecular complexity index is 921. The van der Waals surface area contributed by atoms with Crippen LogP contribution in [0.3, 0.4) is 0 Å². The van der Waals surface area contributed by atoms with E-state index in [0.29, 0.717) is 12.1 Å². The lowest BCUT2D eigenvalue weighted by atomic mass is 10.2. The minimum atomic E-state index is -4.47. The summed E-state index contributed by atoms with van der Waals surface area (Å²) in [5.41, 5.74) is -0.522. The van der Waals surface area contributed by atoms with Crippen molar-refractivity contribution >= 4 is 21.7 Å². The lowest BCUT2D eigenvalue weighted by Crippen LogP contribution is -2.15. The fraction of sp³-hybridized carbons (Fsp3) is 0.0714. The lowest BCUT2D eigenvalue weighted by Gasteiger charge is -2.11. The number of carboxylic acid groups (broad SMARTS) is 1. The Kier molecular flexibility index (Phi) is 4.53. The summed E-state index contributed by atoms with van der Waals surface area (Å²) in [6, 6.07) is 7.70. The van der Waals surface area contributed by atoms with E-state index in [1.54, 1.807) is 12.1 Å². The Balaban J connectivity index is 2.73. The third kappa shape index (κ3) is 3.67. The number of aromatic carboxylic acids is 1. The number of ether oxygens (including phenoxy) is 1. The highest BCUT2D eigenvalue weighted by Crippen LogP contribution is 2.38. The summed E-state index contributed by atoms with van der Waals surface area (Å²) in [5, 5.41) is 25.3. The monoisotopic (exact) mass is 352 g/mol. The van der Waals surface area contributed by atoms with Gasteiger partial charge >= 0.3 is 11.7 Å². The normalized spacial score (nSPS) is 11.1. The zero-order chi connectivity index (χ0) is 18.1. The summed E-state index contributed by atoms with van der Waals surface area (Å²) in [6.07, 6.45) is 0.